The number of rotatable bonds is 1. The van der Waals surface area contributed by atoms with Crippen molar-refractivity contribution in [2.45, 2.75) is 4.90 Å². The summed E-state index contributed by atoms with van der Waals surface area (Å²) < 4.78 is 2.06. The summed E-state index contributed by atoms with van der Waals surface area (Å²) in [5.74, 6) is 0. The first kappa shape index (κ1) is 13.6. The molecule has 0 aliphatic carbocycles. The van der Waals surface area contributed by atoms with Crippen molar-refractivity contribution >= 4 is 44.1 Å². The first-order valence-corrected chi connectivity index (χ1v) is 8.24. The van der Waals surface area contributed by atoms with Crippen LogP contribution in [-0.4, -0.2) is 0 Å². The average molecular weight is 320 g/mol. The van der Waals surface area contributed by atoms with Crippen molar-refractivity contribution in [3.05, 3.63) is 77.0 Å². The van der Waals surface area contributed by atoms with E-state index in [1.165, 1.54) is 0 Å². The highest BCUT2D eigenvalue weighted by Crippen LogP contribution is 2.29. The molecule has 1 heterocycles. The molecule has 106 valence electrons. The highest BCUT2D eigenvalue weighted by atomic mass is 32.1. The predicted molar refractivity (Wildman–Crippen MR) is 98.3 cm³/mol. The molecule has 0 radical (unpaired) electrons. The molecule has 3 heteroatoms. The fourth-order valence-electron chi connectivity index (χ4n) is 2.64. The molecule has 0 aliphatic rings. The van der Waals surface area contributed by atoms with Gasteiger partial charge in [0.05, 0.1) is 0 Å². The van der Waals surface area contributed by atoms with E-state index in [1.807, 2.05) is 60.7 Å². The van der Waals surface area contributed by atoms with Gasteiger partial charge in [0.1, 0.15) is 0 Å². The molecule has 0 aliphatic heterocycles. The van der Waals surface area contributed by atoms with Crippen molar-refractivity contribution in [2.75, 3.05) is 0 Å². The van der Waals surface area contributed by atoms with E-state index in [4.69, 9.17) is 0 Å². The standard InChI is InChI=1S/C19H12OS2/c20-19-15-3-1-2-4-17(15)22-18-10-7-13(11-16(18)19)12-5-8-14(21)9-6-12/h1-11,21H. The Kier molecular flexibility index (Phi) is 3.25. The third kappa shape index (κ3) is 2.23. The molecule has 0 atom stereocenters. The molecule has 1 nitrogen and oxygen atoms in total. The van der Waals surface area contributed by atoms with E-state index in [1.54, 1.807) is 11.3 Å². The Morgan fingerprint density at radius 2 is 1.41 bits per heavy atom. The van der Waals surface area contributed by atoms with Gasteiger partial charge in [-0.15, -0.1) is 24.0 Å². The van der Waals surface area contributed by atoms with Crippen LogP contribution in [0.15, 0.2) is 76.4 Å². The Hall–Kier alpha value is -2.10. The summed E-state index contributed by atoms with van der Waals surface area (Å²) in [5.41, 5.74) is 2.26. The largest absolute Gasteiger partial charge is 0.289 e. The van der Waals surface area contributed by atoms with Gasteiger partial charge in [-0.1, -0.05) is 30.3 Å². The van der Waals surface area contributed by atoms with Crippen LogP contribution >= 0.6 is 24.0 Å². The lowest BCUT2D eigenvalue weighted by atomic mass is 10.0. The Labute approximate surface area is 137 Å². The van der Waals surface area contributed by atoms with Crippen molar-refractivity contribution in [3.63, 3.8) is 0 Å². The number of hydrogen-bond donors (Lipinski definition) is 1. The quantitative estimate of drug-likeness (QED) is 0.368. The normalized spacial score (nSPS) is 11.1. The van der Waals surface area contributed by atoms with E-state index in [2.05, 4.69) is 18.7 Å². The molecule has 22 heavy (non-hydrogen) atoms. The van der Waals surface area contributed by atoms with Crippen LogP contribution in [0.2, 0.25) is 0 Å². The van der Waals surface area contributed by atoms with Gasteiger partial charge in [-0.2, -0.15) is 0 Å². The molecule has 1 aromatic heterocycles. The second kappa shape index (κ2) is 5.27. The number of fused-ring (bicyclic) bond motifs is 2. The van der Waals surface area contributed by atoms with E-state index < -0.39 is 0 Å². The molecule has 0 spiro atoms. The van der Waals surface area contributed by atoms with Crippen molar-refractivity contribution < 1.29 is 0 Å². The molecule has 0 bridgehead atoms. The van der Waals surface area contributed by atoms with Crippen LogP contribution in [0, 0.1) is 0 Å². The van der Waals surface area contributed by atoms with Crippen LogP contribution in [0.25, 0.3) is 31.3 Å². The molecule has 4 aromatic rings. The van der Waals surface area contributed by atoms with Gasteiger partial charge in [0.2, 0.25) is 0 Å². The lowest BCUT2D eigenvalue weighted by Gasteiger charge is -2.05. The summed E-state index contributed by atoms with van der Waals surface area (Å²) in [6, 6.07) is 21.9. The maximum Gasteiger partial charge on any atom is 0.195 e. The molecule has 3 aromatic carbocycles. The Bertz CT molecular complexity index is 1050. The monoisotopic (exact) mass is 320 g/mol. The van der Waals surface area contributed by atoms with Crippen LogP contribution in [0.3, 0.4) is 0 Å². The number of thiol groups is 1. The summed E-state index contributed by atoms with van der Waals surface area (Å²) in [4.78, 5) is 13.7. The van der Waals surface area contributed by atoms with E-state index in [0.29, 0.717) is 0 Å². The fraction of sp³-hybridized carbons (Fsp3) is 0. The Balaban J connectivity index is 2.01. The third-order valence-corrected chi connectivity index (χ3v) is 5.23. The second-order valence-electron chi connectivity index (χ2n) is 5.19. The van der Waals surface area contributed by atoms with Crippen LogP contribution in [0.1, 0.15) is 0 Å². The lowest BCUT2D eigenvalue weighted by Crippen LogP contribution is -2.00. The maximum absolute atomic E-state index is 12.7. The molecule has 0 fully saturated rings. The van der Waals surface area contributed by atoms with Gasteiger partial charge in [0, 0.05) is 25.1 Å². The van der Waals surface area contributed by atoms with Crippen LogP contribution in [-0.2, 0) is 0 Å². The van der Waals surface area contributed by atoms with Crippen molar-refractivity contribution in [1.29, 1.82) is 0 Å². The molecule has 0 unspecified atom stereocenters. The molecular weight excluding hydrogens is 308 g/mol. The zero-order valence-corrected chi connectivity index (χ0v) is 13.3. The molecule has 4 rings (SSSR count). The van der Waals surface area contributed by atoms with Gasteiger partial charge in [-0.05, 0) is 47.5 Å². The average Bonchev–Trinajstić information content (AvgIpc) is 2.56. The van der Waals surface area contributed by atoms with Crippen molar-refractivity contribution in [3.8, 4) is 11.1 Å². The Morgan fingerprint density at radius 3 is 2.23 bits per heavy atom. The first-order valence-electron chi connectivity index (χ1n) is 6.97. The molecular formula is C19H12OS2. The molecule has 0 saturated carbocycles. The van der Waals surface area contributed by atoms with E-state index in [9.17, 15) is 4.79 Å². The second-order valence-corrected chi connectivity index (χ2v) is 6.79. The van der Waals surface area contributed by atoms with Gasteiger partial charge in [0.25, 0.3) is 0 Å². The first-order chi connectivity index (χ1) is 10.7. The highest BCUT2D eigenvalue weighted by Gasteiger charge is 2.07. The minimum Gasteiger partial charge on any atom is -0.289 e. The van der Waals surface area contributed by atoms with Crippen LogP contribution in [0.5, 0.6) is 0 Å². The minimum absolute atomic E-state index is 0.108. The molecule has 0 saturated heterocycles. The van der Waals surface area contributed by atoms with E-state index >= 15 is 0 Å². The van der Waals surface area contributed by atoms with Gasteiger partial charge in [-0.25, -0.2) is 0 Å². The third-order valence-electron chi connectivity index (χ3n) is 3.78. The molecule has 0 N–H and O–H groups in total. The van der Waals surface area contributed by atoms with Crippen molar-refractivity contribution in [2.24, 2.45) is 0 Å². The maximum atomic E-state index is 12.7. The van der Waals surface area contributed by atoms with Gasteiger partial charge >= 0.3 is 0 Å². The number of hydrogen-bond acceptors (Lipinski definition) is 3. The van der Waals surface area contributed by atoms with E-state index in [0.717, 1.165) is 36.2 Å². The summed E-state index contributed by atoms with van der Waals surface area (Å²) in [5, 5.41) is 1.58. The zero-order valence-electron chi connectivity index (χ0n) is 11.6. The summed E-state index contributed by atoms with van der Waals surface area (Å²) in [7, 11) is 0. The summed E-state index contributed by atoms with van der Waals surface area (Å²) in [6.07, 6.45) is 0. The van der Waals surface area contributed by atoms with Gasteiger partial charge in [0.15, 0.2) is 5.43 Å². The van der Waals surface area contributed by atoms with E-state index in [-0.39, 0.29) is 5.43 Å². The fourth-order valence-corrected chi connectivity index (χ4v) is 3.84. The Morgan fingerprint density at radius 1 is 0.727 bits per heavy atom. The highest BCUT2D eigenvalue weighted by molar-refractivity contribution is 7.80. The predicted octanol–water partition coefficient (Wildman–Crippen LogP) is 5.37. The zero-order chi connectivity index (χ0) is 15.1. The SMILES string of the molecule is O=c1c2ccccc2sc2ccc(-c3ccc(S)cc3)cc12. The number of benzene rings is 3. The van der Waals surface area contributed by atoms with Crippen molar-refractivity contribution in [1.82, 2.24) is 0 Å². The molecule has 0 amide bonds. The summed E-state index contributed by atoms with van der Waals surface area (Å²) in [6.45, 7) is 0. The lowest BCUT2D eigenvalue weighted by molar-refractivity contribution is 1.47. The van der Waals surface area contributed by atoms with Crippen LogP contribution in [0.4, 0.5) is 0 Å². The van der Waals surface area contributed by atoms with Gasteiger partial charge < -0.3 is 0 Å². The smallest absolute Gasteiger partial charge is 0.195 e. The van der Waals surface area contributed by atoms with Gasteiger partial charge in [-0.3, -0.25) is 4.79 Å². The minimum atomic E-state index is 0.108. The topological polar surface area (TPSA) is 17.1 Å². The summed E-state index contributed by atoms with van der Waals surface area (Å²) >= 11 is 5.97. The van der Waals surface area contributed by atoms with Crippen LogP contribution < -0.4 is 5.43 Å².